The number of ether oxygens (including phenoxy) is 2. The predicted octanol–water partition coefficient (Wildman–Crippen LogP) is 1.84. The van der Waals surface area contributed by atoms with Crippen molar-refractivity contribution >= 4 is 17.4 Å². The van der Waals surface area contributed by atoms with E-state index in [1.165, 1.54) is 0 Å². The molecule has 31 heavy (non-hydrogen) atoms. The Kier molecular flexibility index (Phi) is 7.81. The third-order valence-electron chi connectivity index (χ3n) is 5.09. The highest BCUT2D eigenvalue weighted by Crippen LogP contribution is 2.34. The van der Waals surface area contributed by atoms with Crippen molar-refractivity contribution in [2.24, 2.45) is 5.92 Å². The Labute approximate surface area is 181 Å². The molecular weight excluding hydrogens is 398 g/mol. The average molecular weight is 425 g/mol. The Morgan fingerprint density at radius 2 is 2.00 bits per heavy atom. The van der Waals surface area contributed by atoms with Gasteiger partial charge in [-0.25, -0.2) is 4.79 Å². The Morgan fingerprint density at radius 3 is 2.71 bits per heavy atom. The van der Waals surface area contributed by atoms with Crippen LogP contribution in [0.5, 0.6) is 0 Å². The van der Waals surface area contributed by atoms with Crippen LogP contribution in [0, 0.1) is 5.92 Å². The maximum absolute atomic E-state index is 13.2. The molecule has 2 N–H and O–H groups in total. The monoisotopic (exact) mass is 425 g/mol. The molecule has 7 nitrogen and oxygen atoms in total. The van der Waals surface area contributed by atoms with E-state index in [0.717, 1.165) is 11.6 Å². The zero-order valence-corrected chi connectivity index (χ0v) is 17.2. The summed E-state index contributed by atoms with van der Waals surface area (Å²) in [6, 6.07) is 9.27. The van der Waals surface area contributed by atoms with E-state index in [2.05, 4.69) is 6.58 Å². The normalized spacial score (nSPS) is 21.0. The number of rotatable bonds is 10. The molecule has 0 bridgehead atoms. The van der Waals surface area contributed by atoms with Gasteiger partial charge in [0, 0.05) is 30.7 Å². The lowest BCUT2D eigenvalue weighted by molar-refractivity contribution is -0.141. The molecule has 0 fully saturated rings. The molecule has 1 amide bonds. The van der Waals surface area contributed by atoms with Crippen LogP contribution in [0.3, 0.4) is 0 Å². The molecule has 1 aromatic carbocycles. The van der Waals surface area contributed by atoms with Gasteiger partial charge in [-0.15, -0.1) is 0 Å². The first kappa shape index (κ1) is 22.5. The van der Waals surface area contributed by atoms with Crippen molar-refractivity contribution in [2.45, 2.75) is 18.6 Å². The predicted molar refractivity (Wildman–Crippen MR) is 115 cm³/mol. The van der Waals surface area contributed by atoms with Crippen molar-refractivity contribution in [2.75, 3.05) is 26.4 Å². The Bertz CT molecular complexity index is 889. The summed E-state index contributed by atoms with van der Waals surface area (Å²) >= 11 is 0. The minimum atomic E-state index is -0.987. The summed E-state index contributed by atoms with van der Waals surface area (Å²) in [4.78, 5) is 26.1. The van der Waals surface area contributed by atoms with Crippen LogP contribution >= 0.6 is 0 Å². The minimum absolute atomic E-state index is 0.00984. The van der Waals surface area contributed by atoms with Crippen molar-refractivity contribution in [3.05, 3.63) is 78.6 Å². The summed E-state index contributed by atoms with van der Waals surface area (Å²) in [6.07, 6.45) is 8.09. The van der Waals surface area contributed by atoms with E-state index in [4.69, 9.17) is 9.47 Å². The lowest BCUT2D eigenvalue weighted by atomic mass is 9.85. The van der Waals surface area contributed by atoms with E-state index >= 15 is 0 Å². The second-order valence-electron chi connectivity index (χ2n) is 7.32. The van der Waals surface area contributed by atoms with Gasteiger partial charge in [-0.2, -0.15) is 0 Å². The van der Waals surface area contributed by atoms with Crippen LogP contribution in [0.2, 0.25) is 0 Å². The van der Waals surface area contributed by atoms with Crippen molar-refractivity contribution in [3.8, 4) is 0 Å². The van der Waals surface area contributed by atoms with Crippen LogP contribution in [-0.2, 0) is 19.1 Å². The zero-order chi connectivity index (χ0) is 22.2. The van der Waals surface area contributed by atoms with Crippen LogP contribution < -0.4 is 0 Å². The summed E-state index contributed by atoms with van der Waals surface area (Å²) in [7, 11) is 0. The third-order valence-corrected chi connectivity index (χ3v) is 5.09. The number of carbonyl (C=O) groups is 2. The molecule has 3 rings (SSSR count). The largest absolute Gasteiger partial charge is 0.491 e. The van der Waals surface area contributed by atoms with Crippen molar-refractivity contribution < 1.29 is 29.3 Å². The van der Waals surface area contributed by atoms with E-state index in [-0.39, 0.29) is 37.7 Å². The second-order valence-corrected chi connectivity index (χ2v) is 7.32. The first-order chi connectivity index (χ1) is 15.0. The fraction of sp³-hybridized carbons (Fsp3) is 0.333. The number of carbonyl (C=O) groups excluding carboxylic acids is 2. The van der Waals surface area contributed by atoms with Crippen LogP contribution in [0.15, 0.2) is 73.1 Å². The van der Waals surface area contributed by atoms with Crippen molar-refractivity contribution in [3.63, 3.8) is 0 Å². The van der Waals surface area contributed by atoms with Crippen LogP contribution in [0.1, 0.15) is 12.0 Å². The van der Waals surface area contributed by atoms with Gasteiger partial charge >= 0.3 is 5.97 Å². The smallest absolute Gasteiger partial charge is 0.330 e. The molecular formula is C24H27NO6. The van der Waals surface area contributed by atoms with Crippen LogP contribution in [0.25, 0.3) is 5.57 Å². The standard InChI is InChI=1S/C24H27NO6/c1-2-23(28)31-16-19(27)15-30-20-10-9-18-13-21(17-7-4-3-5-8-17)24(29)25(11-6-12-26)22(18)14-20/h2-5,7-10,13-14,18-19,22,26-27H,1,6,11-12,15-16H2. The van der Waals surface area contributed by atoms with Gasteiger partial charge < -0.3 is 24.6 Å². The Hall–Kier alpha value is -3.16. The lowest BCUT2D eigenvalue weighted by Crippen LogP contribution is -2.47. The van der Waals surface area contributed by atoms with Gasteiger partial charge in [0.2, 0.25) is 0 Å². The number of amides is 1. The lowest BCUT2D eigenvalue weighted by Gasteiger charge is -2.39. The number of esters is 1. The van der Waals surface area contributed by atoms with E-state index < -0.39 is 12.1 Å². The number of benzene rings is 1. The maximum Gasteiger partial charge on any atom is 0.330 e. The topological polar surface area (TPSA) is 96.3 Å². The molecule has 7 heteroatoms. The minimum Gasteiger partial charge on any atom is -0.491 e. The molecule has 0 radical (unpaired) electrons. The number of nitrogens with zero attached hydrogens (tertiary/aromatic N) is 1. The number of hydrogen-bond acceptors (Lipinski definition) is 6. The molecule has 0 aromatic heterocycles. The Balaban J connectivity index is 1.73. The highest BCUT2D eigenvalue weighted by molar-refractivity contribution is 6.20. The summed E-state index contributed by atoms with van der Waals surface area (Å²) in [5.41, 5.74) is 1.50. The molecule has 0 saturated carbocycles. The Morgan fingerprint density at radius 1 is 1.23 bits per heavy atom. The fourth-order valence-corrected chi connectivity index (χ4v) is 3.56. The molecule has 0 spiro atoms. The molecule has 1 heterocycles. The van der Waals surface area contributed by atoms with E-state index in [1.807, 2.05) is 54.6 Å². The van der Waals surface area contributed by atoms with Gasteiger partial charge in [0.05, 0.1) is 6.04 Å². The number of allylic oxidation sites excluding steroid dienone is 1. The molecule has 2 aliphatic rings. The maximum atomic E-state index is 13.2. The van der Waals surface area contributed by atoms with E-state index in [9.17, 15) is 19.8 Å². The van der Waals surface area contributed by atoms with Gasteiger partial charge in [-0.3, -0.25) is 4.79 Å². The fourth-order valence-electron chi connectivity index (χ4n) is 3.56. The molecule has 1 aliphatic heterocycles. The van der Waals surface area contributed by atoms with Crippen molar-refractivity contribution in [1.82, 2.24) is 4.90 Å². The third kappa shape index (κ3) is 5.71. The quantitative estimate of drug-likeness (QED) is 0.439. The SMILES string of the molecule is C=CC(=O)OCC(O)COC1=CC2C(C=C1)C=C(c1ccccc1)C(=O)N2CCCO. The highest BCUT2D eigenvalue weighted by atomic mass is 16.5. The van der Waals surface area contributed by atoms with Gasteiger partial charge in [0.15, 0.2) is 0 Å². The van der Waals surface area contributed by atoms with Crippen LogP contribution in [-0.4, -0.2) is 65.5 Å². The number of hydrogen-bond donors (Lipinski definition) is 2. The van der Waals surface area contributed by atoms with E-state index in [1.54, 1.807) is 4.90 Å². The van der Waals surface area contributed by atoms with Gasteiger partial charge in [0.1, 0.15) is 25.1 Å². The van der Waals surface area contributed by atoms with Gasteiger partial charge in [0.25, 0.3) is 5.91 Å². The van der Waals surface area contributed by atoms with Crippen molar-refractivity contribution in [1.29, 1.82) is 0 Å². The average Bonchev–Trinajstić information content (AvgIpc) is 2.80. The zero-order valence-electron chi connectivity index (χ0n) is 17.2. The number of fused-ring (bicyclic) bond motifs is 1. The first-order valence-electron chi connectivity index (χ1n) is 10.2. The molecule has 164 valence electrons. The summed E-state index contributed by atoms with van der Waals surface area (Å²) < 4.78 is 10.5. The first-order valence-corrected chi connectivity index (χ1v) is 10.2. The second kappa shape index (κ2) is 10.7. The van der Waals surface area contributed by atoms with Crippen LogP contribution in [0.4, 0.5) is 0 Å². The summed E-state index contributed by atoms with van der Waals surface area (Å²) in [6.45, 7) is 3.44. The number of aliphatic hydroxyl groups excluding tert-OH is 2. The summed E-state index contributed by atoms with van der Waals surface area (Å²) in [5.74, 6) is -0.214. The van der Waals surface area contributed by atoms with Gasteiger partial charge in [-0.05, 0) is 24.1 Å². The molecule has 3 atom stereocenters. The number of aliphatic hydroxyl groups is 2. The highest BCUT2D eigenvalue weighted by Gasteiger charge is 2.36. The molecule has 3 unspecified atom stereocenters. The van der Waals surface area contributed by atoms with E-state index in [0.29, 0.717) is 24.3 Å². The molecule has 1 aromatic rings. The molecule has 0 saturated heterocycles. The summed E-state index contributed by atoms with van der Waals surface area (Å²) in [5, 5.41) is 19.2. The molecule has 1 aliphatic carbocycles. The van der Waals surface area contributed by atoms with Gasteiger partial charge in [-0.1, -0.05) is 49.1 Å².